The highest BCUT2D eigenvalue weighted by atomic mass is 16.5. The number of amides is 2. The third-order valence-electron chi connectivity index (χ3n) is 3.42. The smallest absolute Gasteiger partial charge is 0.313 e. The molecule has 116 valence electrons. The summed E-state index contributed by atoms with van der Waals surface area (Å²) in [5, 5.41) is 8.87. The van der Waals surface area contributed by atoms with E-state index in [0.717, 1.165) is 5.56 Å². The Balaban J connectivity index is 1.88. The number of nitrogens with zero attached hydrogens (tertiary/aromatic N) is 1. The summed E-state index contributed by atoms with van der Waals surface area (Å²) in [6, 6.07) is 9.79. The Bertz CT molecular complexity index is 645. The highest BCUT2D eigenvalue weighted by Crippen LogP contribution is 2.18. The van der Waals surface area contributed by atoms with Crippen molar-refractivity contribution in [2.24, 2.45) is 0 Å². The van der Waals surface area contributed by atoms with Gasteiger partial charge in [-0.2, -0.15) is 0 Å². The largest absolute Gasteiger partial charge is 0.359 e. The van der Waals surface area contributed by atoms with Gasteiger partial charge in [0.25, 0.3) is 0 Å². The first-order valence-electron chi connectivity index (χ1n) is 7.06. The van der Waals surface area contributed by atoms with Gasteiger partial charge in [0.1, 0.15) is 11.4 Å². The highest BCUT2D eigenvalue weighted by molar-refractivity contribution is 6.39. The summed E-state index contributed by atoms with van der Waals surface area (Å²) >= 11 is 0. The van der Waals surface area contributed by atoms with Crippen LogP contribution in [0.4, 0.5) is 5.69 Å². The topological polar surface area (TPSA) is 84.2 Å². The van der Waals surface area contributed by atoms with Crippen molar-refractivity contribution in [3.8, 4) is 0 Å². The lowest BCUT2D eigenvalue weighted by Gasteiger charge is -2.12. The van der Waals surface area contributed by atoms with E-state index >= 15 is 0 Å². The first-order chi connectivity index (χ1) is 10.5. The molecule has 0 aliphatic rings. The number of aromatic nitrogens is 1. The van der Waals surface area contributed by atoms with Crippen LogP contribution in [0.2, 0.25) is 0 Å². The molecular weight excluding hydrogens is 282 g/mol. The maximum atomic E-state index is 11.9. The van der Waals surface area contributed by atoms with E-state index in [1.807, 2.05) is 37.3 Å². The van der Waals surface area contributed by atoms with Gasteiger partial charge in [-0.25, -0.2) is 0 Å². The molecule has 1 heterocycles. The summed E-state index contributed by atoms with van der Waals surface area (Å²) in [4.78, 5) is 23.7. The predicted octanol–water partition coefficient (Wildman–Crippen LogP) is 2.15. The molecule has 2 aromatic rings. The van der Waals surface area contributed by atoms with E-state index in [1.54, 1.807) is 13.8 Å². The Hall–Kier alpha value is -2.63. The van der Waals surface area contributed by atoms with E-state index in [4.69, 9.17) is 4.52 Å². The Labute approximate surface area is 128 Å². The monoisotopic (exact) mass is 301 g/mol. The molecule has 1 aromatic carbocycles. The number of anilines is 1. The van der Waals surface area contributed by atoms with Gasteiger partial charge in [0.2, 0.25) is 0 Å². The minimum atomic E-state index is -0.727. The first kappa shape index (κ1) is 15.8. The second-order valence-corrected chi connectivity index (χ2v) is 5.18. The maximum Gasteiger partial charge on any atom is 0.313 e. The zero-order chi connectivity index (χ0) is 16.1. The molecule has 1 aromatic heterocycles. The Morgan fingerprint density at radius 1 is 1.18 bits per heavy atom. The molecule has 0 saturated carbocycles. The van der Waals surface area contributed by atoms with Crippen LogP contribution in [0.3, 0.4) is 0 Å². The summed E-state index contributed by atoms with van der Waals surface area (Å²) in [5.74, 6) is -0.814. The van der Waals surface area contributed by atoms with Crippen molar-refractivity contribution >= 4 is 17.5 Å². The van der Waals surface area contributed by atoms with Gasteiger partial charge in [-0.15, -0.1) is 0 Å². The van der Waals surface area contributed by atoms with E-state index in [0.29, 0.717) is 23.7 Å². The van der Waals surface area contributed by atoms with Gasteiger partial charge in [0.15, 0.2) is 5.76 Å². The van der Waals surface area contributed by atoms with Crippen molar-refractivity contribution in [2.75, 3.05) is 11.9 Å². The molecule has 0 radical (unpaired) electrons. The summed E-state index contributed by atoms with van der Waals surface area (Å²) in [5.41, 5.74) is 2.08. The molecule has 2 amide bonds. The van der Waals surface area contributed by atoms with E-state index in [1.165, 1.54) is 0 Å². The van der Waals surface area contributed by atoms with E-state index in [9.17, 15) is 9.59 Å². The third-order valence-corrected chi connectivity index (χ3v) is 3.42. The van der Waals surface area contributed by atoms with Crippen LogP contribution < -0.4 is 10.6 Å². The van der Waals surface area contributed by atoms with Gasteiger partial charge in [-0.3, -0.25) is 9.59 Å². The van der Waals surface area contributed by atoms with Crippen molar-refractivity contribution < 1.29 is 14.1 Å². The van der Waals surface area contributed by atoms with Crippen LogP contribution in [0.25, 0.3) is 0 Å². The second kappa shape index (κ2) is 6.89. The lowest BCUT2D eigenvalue weighted by atomic mass is 10.0. The molecule has 1 atom stereocenters. The normalized spacial score (nSPS) is 11.8. The molecule has 0 unspecified atom stereocenters. The van der Waals surface area contributed by atoms with Crippen LogP contribution in [0, 0.1) is 13.8 Å². The van der Waals surface area contributed by atoms with Crippen molar-refractivity contribution in [1.82, 2.24) is 10.5 Å². The van der Waals surface area contributed by atoms with E-state index < -0.39 is 11.8 Å². The fourth-order valence-corrected chi connectivity index (χ4v) is 2.06. The van der Waals surface area contributed by atoms with E-state index in [2.05, 4.69) is 15.8 Å². The molecule has 2 N–H and O–H groups in total. The molecule has 22 heavy (non-hydrogen) atoms. The number of aryl methyl sites for hydroxylation is 2. The summed E-state index contributed by atoms with van der Waals surface area (Å²) in [6.45, 7) is 5.74. The number of hydrogen-bond donors (Lipinski definition) is 2. The number of nitrogens with one attached hydrogen (secondary N) is 2. The van der Waals surface area contributed by atoms with Gasteiger partial charge < -0.3 is 15.2 Å². The van der Waals surface area contributed by atoms with Gasteiger partial charge in [0.05, 0.1) is 0 Å². The molecule has 6 heteroatoms. The summed E-state index contributed by atoms with van der Waals surface area (Å²) < 4.78 is 4.94. The van der Waals surface area contributed by atoms with Gasteiger partial charge in [-0.05, 0) is 25.3 Å². The van der Waals surface area contributed by atoms with Crippen molar-refractivity contribution in [1.29, 1.82) is 0 Å². The average Bonchev–Trinajstić information content (AvgIpc) is 2.84. The number of hydrogen-bond acceptors (Lipinski definition) is 4. The number of carbonyl (C=O) groups is 2. The van der Waals surface area contributed by atoms with Crippen LogP contribution in [-0.2, 0) is 9.59 Å². The number of rotatable bonds is 4. The molecule has 0 bridgehead atoms. The summed E-state index contributed by atoms with van der Waals surface area (Å²) in [6.07, 6.45) is 0. The molecule has 2 rings (SSSR count). The average molecular weight is 301 g/mol. The first-order valence-corrected chi connectivity index (χ1v) is 7.06. The van der Waals surface area contributed by atoms with Crippen LogP contribution in [0.5, 0.6) is 0 Å². The lowest BCUT2D eigenvalue weighted by molar-refractivity contribution is -0.136. The fourth-order valence-electron chi connectivity index (χ4n) is 2.06. The zero-order valence-electron chi connectivity index (χ0n) is 12.8. The summed E-state index contributed by atoms with van der Waals surface area (Å²) in [7, 11) is 0. The molecule has 0 aliphatic heterocycles. The molecule has 0 fully saturated rings. The Kier molecular flexibility index (Phi) is 4.93. The van der Waals surface area contributed by atoms with Crippen LogP contribution in [0.15, 0.2) is 34.9 Å². The minimum absolute atomic E-state index is 0.122. The quantitative estimate of drug-likeness (QED) is 0.847. The van der Waals surface area contributed by atoms with Crippen LogP contribution >= 0.6 is 0 Å². The maximum absolute atomic E-state index is 11.9. The lowest BCUT2D eigenvalue weighted by Crippen LogP contribution is -2.37. The third kappa shape index (κ3) is 3.72. The number of carbonyl (C=O) groups excluding carboxylic acids is 2. The second-order valence-electron chi connectivity index (χ2n) is 5.18. The van der Waals surface area contributed by atoms with E-state index in [-0.39, 0.29) is 5.92 Å². The Morgan fingerprint density at radius 2 is 1.86 bits per heavy atom. The van der Waals surface area contributed by atoms with Crippen molar-refractivity contribution in [3.05, 3.63) is 47.3 Å². The SMILES string of the molecule is Cc1noc(C)c1NC(=O)C(=O)NC[C@H](C)c1ccccc1. The molecular formula is C16H19N3O3. The molecule has 0 spiro atoms. The minimum Gasteiger partial charge on any atom is -0.359 e. The van der Waals surface area contributed by atoms with Gasteiger partial charge in [0, 0.05) is 6.54 Å². The van der Waals surface area contributed by atoms with Gasteiger partial charge >= 0.3 is 11.8 Å². The van der Waals surface area contributed by atoms with Crippen LogP contribution in [0.1, 0.15) is 29.9 Å². The highest BCUT2D eigenvalue weighted by Gasteiger charge is 2.19. The van der Waals surface area contributed by atoms with Gasteiger partial charge in [-0.1, -0.05) is 42.4 Å². The molecule has 0 aliphatic carbocycles. The zero-order valence-corrected chi connectivity index (χ0v) is 12.8. The fraction of sp³-hybridized carbons (Fsp3) is 0.312. The molecule has 6 nitrogen and oxygen atoms in total. The van der Waals surface area contributed by atoms with Crippen LogP contribution in [-0.4, -0.2) is 23.5 Å². The standard InChI is InChI=1S/C16H19N3O3/c1-10(13-7-5-4-6-8-13)9-17-15(20)16(21)18-14-11(2)19-22-12(14)3/h4-8,10H,9H2,1-3H3,(H,17,20)(H,18,21)/t10-/m0/s1. The number of benzene rings is 1. The van der Waals surface area contributed by atoms with Crippen molar-refractivity contribution in [2.45, 2.75) is 26.7 Å². The molecule has 0 saturated heterocycles. The Morgan fingerprint density at radius 3 is 2.45 bits per heavy atom. The van der Waals surface area contributed by atoms with Crippen molar-refractivity contribution in [3.63, 3.8) is 0 Å². The predicted molar refractivity (Wildman–Crippen MR) is 82.5 cm³/mol.